The van der Waals surface area contributed by atoms with Gasteiger partial charge in [0, 0.05) is 53.9 Å². The molecule has 192 valence electrons. The van der Waals surface area contributed by atoms with E-state index in [2.05, 4.69) is 32.6 Å². The average Bonchev–Trinajstić information content (AvgIpc) is 2.84. The maximum atomic E-state index is 13.6. The molecule has 1 fully saturated rings. The van der Waals surface area contributed by atoms with Crippen molar-refractivity contribution in [1.82, 2.24) is 0 Å². The maximum absolute atomic E-state index is 13.6. The number of aromatic hydroxyl groups is 2. The molecule has 0 heterocycles. The van der Waals surface area contributed by atoms with Crippen molar-refractivity contribution in [2.24, 2.45) is 11.8 Å². The normalized spacial score (nSPS) is 21.4. The second-order valence-corrected chi connectivity index (χ2v) is 10.6. The number of para-hydroxylation sites is 2. The number of anilines is 3. The quantitative estimate of drug-likeness (QED) is 0.473. The zero-order valence-corrected chi connectivity index (χ0v) is 21.4. The lowest BCUT2D eigenvalue weighted by molar-refractivity contribution is -0.532. The van der Waals surface area contributed by atoms with E-state index in [4.69, 9.17) is 0 Å². The third-order valence-corrected chi connectivity index (χ3v) is 6.74. The Hall–Kier alpha value is -3.22. The second kappa shape index (κ2) is 10.8. The number of phenols is 2. The smallest absolute Gasteiger partial charge is 0.124 e. The van der Waals surface area contributed by atoms with E-state index >= 15 is 0 Å². The monoisotopic (exact) mass is 488 g/mol. The SMILES string of the molecule is CC(C)CN(CC(C)C)c1cc(O)c(C2C([O-])C(N(c3ccccc3)c3ccccc3)C2[O-])c(O)c1. The van der Waals surface area contributed by atoms with Gasteiger partial charge in [0.25, 0.3) is 0 Å². The predicted molar refractivity (Wildman–Crippen MR) is 141 cm³/mol. The highest BCUT2D eigenvalue weighted by Crippen LogP contribution is 2.49. The Morgan fingerprint density at radius 1 is 0.694 bits per heavy atom. The maximum Gasteiger partial charge on any atom is 0.124 e. The molecular formula is C30H36N2O4-2. The Bertz CT molecular complexity index is 1050. The molecule has 0 radical (unpaired) electrons. The third kappa shape index (κ3) is 5.15. The average molecular weight is 489 g/mol. The number of hydrogen-bond donors (Lipinski definition) is 2. The van der Waals surface area contributed by atoms with Crippen LogP contribution in [0.5, 0.6) is 11.5 Å². The van der Waals surface area contributed by atoms with Gasteiger partial charge in [-0.25, -0.2) is 0 Å². The van der Waals surface area contributed by atoms with E-state index in [1.165, 1.54) is 0 Å². The molecule has 0 aromatic heterocycles. The molecule has 0 saturated heterocycles. The molecular weight excluding hydrogens is 452 g/mol. The fourth-order valence-corrected chi connectivity index (χ4v) is 5.25. The largest absolute Gasteiger partial charge is 0.850 e. The molecule has 2 N–H and O–H groups in total. The first-order valence-corrected chi connectivity index (χ1v) is 12.7. The minimum Gasteiger partial charge on any atom is -0.850 e. The Labute approximate surface area is 214 Å². The Balaban J connectivity index is 1.65. The Kier molecular flexibility index (Phi) is 7.76. The van der Waals surface area contributed by atoms with Crippen LogP contribution in [0, 0.1) is 11.8 Å². The van der Waals surface area contributed by atoms with Gasteiger partial charge in [-0.15, -0.1) is 0 Å². The van der Waals surface area contributed by atoms with Crippen LogP contribution >= 0.6 is 0 Å². The highest BCUT2D eigenvalue weighted by molar-refractivity contribution is 5.67. The number of nitrogens with zero attached hydrogens (tertiary/aromatic N) is 2. The zero-order chi connectivity index (χ0) is 26.0. The lowest BCUT2D eigenvalue weighted by Gasteiger charge is -2.64. The lowest BCUT2D eigenvalue weighted by Crippen LogP contribution is -2.73. The molecule has 2 atom stereocenters. The summed E-state index contributed by atoms with van der Waals surface area (Å²) in [6.07, 6.45) is -2.64. The van der Waals surface area contributed by atoms with Crippen LogP contribution in [0.25, 0.3) is 0 Å². The molecule has 6 heteroatoms. The summed E-state index contributed by atoms with van der Waals surface area (Å²) in [6.45, 7) is 9.99. The number of benzene rings is 3. The topological polar surface area (TPSA) is 93.1 Å². The summed E-state index contributed by atoms with van der Waals surface area (Å²) in [5, 5.41) is 49.1. The van der Waals surface area contributed by atoms with E-state index in [1.54, 1.807) is 17.0 Å². The van der Waals surface area contributed by atoms with E-state index in [9.17, 15) is 20.4 Å². The van der Waals surface area contributed by atoms with Crippen molar-refractivity contribution in [3.05, 3.63) is 78.4 Å². The van der Waals surface area contributed by atoms with Crippen LogP contribution in [0.15, 0.2) is 72.8 Å². The molecule has 4 rings (SSSR count). The van der Waals surface area contributed by atoms with Crippen molar-refractivity contribution in [1.29, 1.82) is 0 Å². The summed E-state index contributed by atoms with van der Waals surface area (Å²) in [5.41, 5.74) is 2.27. The van der Waals surface area contributed by atoms with Gasteiger partial charge in [0.2, 0.25) is 0 Å². The van der Waals surface area contributed by atoms with Crippen LogP contribution in [0.3, 0.4) is 0 Å². The summed E-state index contributed by atoms with van der Waals surface area (Å²) >= 11 is 0. The minimum atomic E-state index is -1.32. The summed E-state index contributed by atoms with van der Waals surface area (Å²) in [5.74, 6) is -0.655. The molecule has 0 amide bonds. The Morgan fingerprint density at radius 2 is 1.11 bits per heavy atom. The standard InChI is InChI=1S/C30H36N2O4/c1-19(2)17-31(18-20(3)4)23-15-24(33)26(25(34)16-23)27-29(35)28(30(27)36)32(21-11-7-5-8-12-21)22-13-9-6-10-14-22/h5-16,19-20,27-30,33-34H,17-18H2,1-4H3/q-2. The number of hydrogen-bond acceptors (Lipinski definition) is 6. The van der Waals surface area contributed by atoms with Crippen molar-refractivity contribution in [2.75, 3.05) is 22.9 Å². The highest BCUT2D eigenvalue weighted by atomic mass is 16.3. The first-order chi connectivity index (χ1) is 17.2. The lowest BCUT2D eigenvalue weighted by atomic mass is 9.68. The minimum absolute atomic E-state index is 0.0603. The van der Waals surface area contributed by atoms with Gasteiger partial charge < -0.3 is 30.2 Å². The van der Waals surface area contributed by atoms with Gasteiger partial charge in [-0.1, -0.05) is 76.3 Å². The van der Waals surface area contributed by atoms with Gasteiger partial charge in [-0.3, -0.25) is 0 Å². The van der Waals surface area contributed by atoms with Gasteiger partial charge in [0.1, 0.15) is 11.5 Å². The summed E-state index contributed by atoms with van der Waals surface area (Å²) in [7, 11) is 0. The fourth-order valence-electron chi connectivity index (χ4n) is 5.25. The highest BCUT2D eigenvalue weighted by Gasteiger charge is 2.44. The summed E-state index contributed by atoms with van der Waals surface area (Å²) in [4.78, 5) is 3.92. The number of phenolic OH excluding ortho intramolecular Hbond substituents is 2. The predicted octanol–water partition coefficient (Wildman–Crippen LogP) is 3.98. The van der Waals surface area contributed by atoms with E-state index < -0.39 is 24.2 Å². The summed E-state index contributed by atoms with van der Waals surface area (Å²) < 4.78 is 0. The van der Waals surface area contributed by atoms with Crippen LogP contribution in [-0.4, -0.2) is 41.6 Å². The van der Waals surface area contributed by atoms with Crippen molar-refractivity contribution < 1.29 is 20.4 Å². The zero-order valence-electron chi connectivity index (χ0n) is 21.4. The molecule has 1 saturated carbocycles. The van der Waals surface area contributed by atoms with E-state index in [0.717, 1.165) is 24.5 Å². The van der Waals surface area contributed by atoms with Gasteiger partial charge in [0.05, 0.1) is 0 Å². The fraction of sp³-hybridized carbons (Fsp3) is 0.400. The molecule has 1 aliphatic rings. The van der Waals surface area contributed by atoms with Crippen LogP contribution in [0.2, 0.25) is 0 Å². The van der Waals surface area contributed by atoms with Gasteiger partial charge in [-0.05, 0) is 42.0 Å². The van der Waals surface area contributed by atoms with E-state index in [1.807, 2.05) is 60.7 Å². The van der Waals surface area contributed by atoms with Crippen LogP contribution in [-0.2, 0) is 0 Å². The van der Waals surface area contributed by atoms with E-state index in [-0.39, 0.29) is 17.1 Å². The van der Waals surface area contributed by atoms with Crippen LogP contribution in [0.4, 0.5) is 17.1 Å². The molecule has 2 unspecified atom stereocenters. The molecule has 6 nitrogen and oxygen atoms in total. The van der Waals surface area contributed by atoms with Crippen molar-refractivity contribution in [3.8, 4) is 11.5 Å². The summed E-state index contributed by atoms with van der Waals surface area (Å²) in [6, 6.07) is 21.1. The molecule has 1 aliphatic carbocycles. The molecule has 0 spiro atoms. The second-order valence-electron chi connectivity index (χ2n) is 10.6. The first kappa shape index (κ1) is 25.9. The number of rotatable bonds is 9. The van der Waals surface area contributed by atoms with Crippen molar-refractivity contribution in [3.63, 3.8) is 0 Å². The van der Waals surface area contributed by atoms with E-state index in [0.29, 0.717) is 17.5 Å². The third-order valence-electron chi connectivity index (χ3n) is 6.74. The first-order valence-electron chi connectivity index (χ1n) is 12.7. The van der Waals surface area contributed by atoms with Crippen LogP contribution < -0.4 is 20.0 Å². The molecule has 36 heavy (non-hydrogen) atoms. The Morgan fingerprint density at radius 3 is 1.50 bits per heavy atom. The van der Waals surface area contributed by atoms with Crippen molar-refractivity contribution >= 4 is 17.1 Å². The molecule has 0 bridgehead atoms. The van der Waals surface area contributed by atoms with Gasteiger partial charge in [0.15, 0.2) is 0 Å². The van der Waals surface area contributed by atoms with Crippen LogP contribution in [0.1, 0.15) is 39.2 Å². The van der Waals surface area contributed by atoms with Gasteiger partial charge >= 0.3 is 0 Å². The van der Waals surface area contributed by atoms with Crippen molar-refractivity contribution in [2.45, 2.75) is 51.9 Å². The molecule has 3 aromatic carbocycles. The molecule has 0 aliphatic heterocycles. The van der Waals surface area contributed by atoms with Gasteiger partial charge in [-0.2, -0.15) is 0 Å². The molecule has 3 aromatic rings.